The van der Waals surface area contributed by atoms with E-state index in [-0.39, 0.29) is 48.2 Å². The number of piperidine rings is 1. The fourth-order valence-corrected chi connectivity index (χ4v) is 7.09. The van der Waals surface area contributed by atoms with Crippen LogP contribution in [0.3, 0.4) is 0 Å². The Bertz CT molecular complexity index is 1160. The number of carboxylic acids is 2. The molecule has 4 rings (SSSR count). The van der Waals surface area contributed by atoms with E-state index < -0.39 is 35.5 Å². The van der Waals surface area contributed by atoms with Crippen molar-refractivity contribution < 1.29 is 29.7 Å². The molecule has 13 heteroatoms. The quantitative estimate of drug-likeness (QED) is 0.0746. The number of benzene rings is 1. The number of guanidine groups is 1. The molecule has 2 fully saturated rings. The number of phenols is 1. The maximum Gasteiger partial charge on any atom is 0.335 e. The van der Waals surface area contributed by atoms with E-state index in [4.69, 9.17) is 17.2 Å². The average Bonchev–Trinajstić information content (AvgIpc) is 2.86. The van der Waals surface area contributed by atoms with Crippen LogP contribution in [-0.4, -0.2) is 88.5 Å². The second kappa shape index (κ2) is 11.4. The predicted molar refractivity (Wildman–Crippen MR) is 143 cm³/mol. The maximum absolute atomic E-state index is 12.2. The lowest BCUT2D eigenvalue weighted by Gasteiger charge is -2.60. The zero-order valence-electron chi connectivity index (χ0n) is 22.1. The van der Waals surface area contributed by atoms with Crippen LogP contribution < -0.4 is 27.8 Å². The number of carboxylic acid groups (broad SMARTS) is 2. The molecule has 11 N–H and O–H groups in total. The third-order valence-electron chi connectivity index (χ3n) is 8.80. The Morgan fingerprint density at radius 2 is 1.92 bits per heavy atom. The van der Waals surface area contributed by atoms with Gasteiger partial charge in [0.15, 0.2) is 12.1 Å². The van der Waals surface area contributed by atoms with Crippen molar-refractivity contribution in [2.75, 3.05) is 20.1 Å². The van der Waals surface area contributed by atoms with Crippen molar-refractivity contribution in [3.05, 3.63) is 28.8 Å². The van der Waals surface area contributed by atoms with Gasteiger partial charge in [-0.25, -0.2) is 4.79 Å². The number of likely N-dealkylation sites (tertiary alicyclic amines) is 1. The Morgan fingerprint density at radius 1 is 1.18 bits per heavy atom. The van der Waals surface area contributed by atoms with Gasteiger partial charge in [0, 0.05) is 29.6 Å². The number of amides is 1. The third-order valence-corrected chi connectivity index (χ3v) is 8.80. The highest BCUT2D eigenvalue weighted by Gasteiger charge is 2.56. The van der Waals surface area contributed by atoms with Crippen LogP contribution in [0.15, 0.2) is 17.1 Å². The van der Waals surface area contributed by atoms with Crippen molar-refractivity contribution in [3.8, 4) is 5.75 Å². The monoisotopic (exact) mass is 545 g/mol. The van der Waals surface area contributed by atoms with Gasteiger partial charge in [-0.05, 0) is 76.1 Å². The van der Waals surface area contributed by atoms with Crippen molar-refractivity contribution in [2.45, 2.75) is 74.7 Å². The highest BCUT2D eigenvalue weighted by molar-refractivity contribution is 5.96. The number of aliphatic imine (C=N–C) groups is 1. The second-order valence-electron chi connectivity index (χ2n) is 11.0. The molecule has 1 saturated carbocycles. The summed E-state index contributed by atoms with van der Waals surface area (Å²) in [7, 11) is 2.10. The number of hydrogen-bond acceptors (Lipinski definition) is 8. The lowest BCUT2D eigenvalue weighted by molar-refractivity contribution is -0.144. The number of aromatic hydroxyl groups is 1. The molecule has 0 spiro atoms. The molecule has 1 amide bonds. The van der Waals surface area contributed by atoms with E-state index in [0.29, 0.717) is 19.3 Å². The van der Waals surface area contributed by atoms with Gasteiger partial charge in [-0.3, -0.25) is 25.2 Å². The number of nitrogens with one attached hydrogen (secondary N) is 2. The summed E-state index contributed by atoms with van der Waals surface area (Å²) in [5, 5.41) is 36.8. The summed E-state index contributed by atoms with van der Waals surface area (Å²) in [6, 6.07) is 2.33. The topological polar surface area (TPSA) is 230 Å². The number of fused-ring (bicyclic) bond motifs is 1. The van der Waals surface area contributed by atoms with Crippen LogP contribution in [0.4, 0.5) is 0 Å². The molecular weight excluding hydrogens is 506 g/mol. The Morgan fingerprint density at radius 3 is 2.56 bits per heavy atom. The van der Waals surface area contributed by atoms with Gasteiger partial charge < -0.3 is 37.4 Å². The summed E-state index contributed by atoms with van der Waals surface area (Å²) in [4.78, 5) is 42.3. The second-order valence-corrected chi connectivity index (χ2v) is 11.0. The molecule has 1 unspecified atom stereocenters. The summed E-state index contributed by atoms with van der Waals surface area (Å²) < 4.78 is 0. The number of primary amides is 1. The smallest absolute Gasteiger partial charge is 0.335 e. The van der Waals surface area contributed by atoms with Crippen LogP contribution >= 0.6 is 0 Å². The van der Waals surface area contributed by atoms with Crippen molar-refractivity contribution in [1.82, 2.24) is 15.5 Å². The Kier molecular flexibility index (Phi) is 8.33. The average molecular weight is 546 g/mol. The van der Waals surface area contributed by atoms with E-state index in [1.54, 1.807) is 6.07 Å². The molecule has 0 aromatic heterocycles. The molecule has 2 bridgehead atoms. The van der Waals surface area contributed by atoms with Crippen LogP contribution in [0.5, 0.6) is 5.75 Å². The molecule has 1 aromatic rings. The van der Waals surface area contributed by atoms with E-state index in [1.165, 1.54) is 0 Å². The first kappa shape index (κ1) is 28.6. The van der Waals surface area contributed by atoms with E-state index in [0.717, 1.165) is 36.9 Å². The number of nitrogens with two attached hydrogens (primary N) is 3. The third kappa shape index (κ3) is 5.65. The fraction of sp³-hybridized carbons (Fsp3) is 0.615. The minimum atomic E-state index is -1.30. The fourth-order valence-electron chi connectivity index (χ4n) is 7.09. The van der Waals surface area contributed by atoms with Gasteiger partial charge in [-0.2, -0.15) is 0 Å². The van der Waals surface area contributed by atoms with Gasteiger partial charge >= 0.3 is 11.9 Å². The molecule has 6 atom stereocenters. The highest BCUT2D eigenvalue weighted by Crippen LogP contribution is 2.58. The van der Waals surface area contributed by atoms with Crippen LogP contribution in [0.2, 0.25) is 0 Å². The standard InChI is InChI=1S/C26H39N7O6/c1-33-10-8-26-12-14(31-22(24(38)39)32-17(23(36)37)3-2-9-30-25(28)29)5-7-16(26)18(33)11-13-4-6-15(21(27)35)20(34)19(13)26/h4,6,14,16-18,22,31-32,34H,2-3,5,7-12H2,1H3,(H2,27,35)(H,36,37)(H,38,39)(H4,28,29,30)/t14-,16+,17+,18-,22?,26+/m1/s1. The van der Waals surface area contributed by atoms with E-state index in [2.05, 4.69) is 27.6 Å². The highest BCUT2D eigenvalue weighted by atomic mass is 16.4. The minimum Gasteiger partial charge on any atom is -0.507 e. The van der Waals surface area contributed by atoms with Crippen LogP contribution in [0.25, 0.3) is 0 Å². The van der Waals surface area contributed by atoms with Crippen molar-refractivity contribution in [1.29, 1.82) is 0 Å². The van der Waals surface area contributed by atoms with Gasteiger partial charge in [-0.1, -0.05) is 6.07 Å². The number of aliphatic carboxylic acids is 2. The zero-order valence-corrected chi connectivity index (χ0v) is 22.1. The van der Waals surface area contributed by atoms with E-state index >= 15 is 0 Å². The van der Waals surface area contributed by atoms with E-state index in [9.17, 15) is 29.7 Å². The molecule has 0 radical (unpaired) electrons. The van der Waals surface area contributed by atoms with Gasteiger partial charge in [-0.15, -0.1) is 0 Å². The van der Waals surface area contributed by atoms with Crippen molar-refractivity contribution in [3.63, 3.8) is 0 Å². The number of rotatable bonds is 11. The Hall–Kier alpha value is -3.42. The number of hydrogen-bond donors (Lipinski definition) is 8. The van der Waals surface area contributed by atoms with Gasteiger partial charge in [0.05, 0.1) is 5.56 Å². The van der Waals surface area contributed by atoms with Gasteiger partial charge in [0.25, 0.3) is 5.91 Å². The van der Waals surface area contributed by atoms with Crippen molar-refractivity contribution in [2.24, 2.45) is 28.1 Å². The number of nitrogens with zero attached hydrogens (tertiary/aromatic N) is 2. The number of carbonyl (C=O) groups is 3. The number of likely N-dealkylation sites (N-methyl/N-ethyl adjacent to an activating group) is 1. The Balaban J connectivity index is 1.58. The summed E-state index contributed by atoms with van der Waals surface area (Å²) in [5.74, 6) is -3.03. The van der Waals surface area contributed by atoms with Gasteiger partial charge in [0.2, 0.25) is 0 Å². The summed E-state index contributed by atoms with van der Waals surface area (Å²) in [5.41, 5.74) is 17.5. The first-order chi connectivity index (χ1) is 18.4. The molecule has 1 aromatic carbocycles. The molecule has 1 heterocycles. The SMILES string of the molecule is CN1CC[C@]23C[C@H](NC(N[C@@H](CCCN=C(N)N)C(=O)O)C(=O)O)CC[C@H]2[C@H]1Cc1ccc(C(N)=O)c(O)c13. The lowest BCUT2D eigenvalue weighted by atomic mass is 9.51. The zero-order chi connectivity index (χ0) is 28.5. The summed E-state index contributed by atoms with van der Waals surface area (Å²) >= 11 is 0. The molecule has 2 aliphatic carbocycles. The molecule has 214 valence electrons. The lowest BCUT2D eigenvalue weighted by Crippen LogP contribution is -2.64. The summed E-state index contributed by atoms with van der Waals surface area (Å²) in [6.07, 6.45) is 2.70. The Labute approximate surface area is 226 Å². The van der Waals surface area contributed by atoms with Crippen LogP contribution in [0.1, 0.15) is 60.0 Å². The van der Waals surface area contributed by atoms with Crippen LogP contribution in [0, 0.1) is 5.92 Å². The van der Waals surface area contributed by atoms with Crippen molar-refractivity contribution >= 4 is 23.8 Å². The van der Waals surface area contributed by atoms with Gasteiger partial charge in [0.1, 0.15) is 11.8 Å². The molecule has 13 nitrogen and oxygen atoms in total. The normalized spacial score (nSPS) is 27.5. The molecule has 1 aliphatic heterocycles. The first-order valence-electron chi connectivity index (χ1n) is 13.3. The molecule has 39 heavy (non-hydrogen) atoms. The largest absolute Gasteiger partial charge is 0.507 e. The maximum atomic E-state index is 12.2. The summed E-state index contributed by atoms with van der Waals surface area (Å²) in [6.45, 7) is 1.03. The minimum absolute atomic E-state index is 0.0757. The van der Waals surface area contributed by atoms with E-state index in [1.807, 2.05) is 6.07 Å². The molecular formula is C26H39N7O6. The number of carbonyl (C=O) groups excluding carboxylic acids is 1. The molecule has 3 aliphatic rings. The molecule has 1 saturated heterocycles. The first-order valence-corrected chi connectivity index (χ1v) is 13.3. The predicted octanol–water partition coefficient (Wildman–Crippen LogP) is -0.745. The van der Waals surface area contributed by atoms with Crippen LogP contribution in [-0.2, 0) is 21.4 Å².